The molecule has 0 bridgehead atoms. The number of fused-ring (bicyclic) bond motifs is 1. The molecule has 0 heterocycles. The molecule has 0 spiro atoms. The van der Waals surface area contributed by atoms with Gasteiger partial charge < -0.3 is 9.84 Å². The zero-order valence-electron chi connectivity index (χ0n) is 9.20. The van der Waals surface area contributed by atoms with Crippen molar-refractivity contribution in [2.75, 3.05) is 6.61 Å². The van der Waals surface area contributed by atoms with Gasteiger partial charge in [0.25, 0.3) is 0 Å². The normalized spacial score (nSPS) is 22.4. The molecule has 1 aliphatic carbocycles. The minimum atomic E-state index is -2.07. The molecule has 5 heteroatoms. The third kappa shape index (κ3) is 1.79. The zero-order chi connectivity index (χ0) is 12.6. The van der Waals surface area contributed by atoms with Crippen molar-refractivity contribution in [3.05, 3.63) is 33.8 Å². The van der Waals surface area contributed by atoms with Gasteiger partial charge in [-0.3, -0.25) is 4.79 Å². The van der Waals surface area contributed by atoms with Crippen molar-refractivity contribution in [2.45, 2.75) is 18.9 Å². The molecule has 1 aromatic rings. The number of rotatable bonds is 2. The minimum Gasteiger partial charge on any atom is -0.463 e. The van der Waals surface area contributed by atoms with Crippen LogP contribution in [-0.2, 0) is 16.0 Å². The molecular weight excluding hydrogens is 288 g/mol. The number of benzene rings is 1. The Morgan fingerprint density at radius 2 is 2.29 bits per heavy atom. The summed E-state index contributed by atoms with van der Waals surface area (Å²) >= 11 is 3.30. The van der Waals surface area contributed by atoms with Gasteiger partial charge >= 0.3 is 5.97 Å². The quantitative estimate of drug-likeness (QED) is 0.663. The summed E-state index contributed by atoms with van der Waals surface area (Å²) < 4.78 is 5.46. The highest BCUT2D eigenvalue weighted by Gasteiger charge is 2.51. The second-order valence-electron chi connectivity index (χ2n) is 3.85. The zero-order valence-corrected chi connectivity index (χ0v) is 10.8. The van der Waals surface area contributed by atoms with Gasteiger partial charge in [-0.05, 0) is 18.6 Å². The minimum absolute atomic E-state index is 0.0403. The summed E-state index contributed by atoms with van der Waals surface area (Å²) in [7, 11) is 0. The number of ketones is 1. The number of Topliss-reactive ketones (excluding diaryl/α,β-unsaturated/α-hetero) is 1. The van der Waals surface area contributed by atoms with Gasteiger partial charge in [-0.15, -0.1) is 0 Å². The number of hydrogen-bond donors (Lipinski definition) is 1. The van der Waals surface area contributed by atoms with E-state index in [-0.39, 0.29) is 13.0 Å². The van der Waals surface area contributed by atoms with E-state index >= 15 is 0 Å². The van der Waals surface area contributed by atoms with Gasteiger partial charge in [-0.1, -0.05) is 28.1 Å². The maximum Gasteiger partial charge on any atom is 0.346 e. The van der Waals surface area contributed by atoms with E-state index in [1.165, 1.54) is 0 Å². The molecule has 0 amide bonds. The molecule has 0 radical (unpaired) electrons. The van der Waals surface area contributed by atoms with Gasteiger partial charge in [0.2, 0.25) is 11.4 Å². The fourth-order valence-corrected chi connectivity index (χ4v) is 2.43. The molecule has 0 aromatic heterocycles. The van der Waals surface area contributed by atoms with Crippen LogP contribution in [0.15, 0.2) is 22.7 Å². The number of aliphatic hydroxyl groups is 1. The number of hydrogen-bond acceptors (Lipinski definition) is 4. The van der Waals surface area contributed by atoms with Crippen molar-refractivity contribution < 1.29 is 19.4 Å². The predicted molar refractivity (Wildman–Crippen MR) is 63.8 cm³/mol. The van der Waals surface area contributed by atoms with Gasteiger partial charge in [0, 0.05) is 16.5 Å². The number of halogens is 1. The molecule has 90 valence electrons. The van der Waals surface area contributed by atoms with Crippen molar-refractivity contribution in [2.24, 2.45) is 0 Å². The molecule has 2 rings (SSSR count). The predicted octanol–water partition coefficient (Wildman–Crippen LogP) is 1.48. The van der Waals surface area contributed by atoms with Crippen LogP contribution in [0.4, 0.5) is 0 Å². The molecule has 1 aliphatic rings. The fourth-order valence-electron chi connectivity index (χ4n) is 1.93. The van der Waals surface area contributed by atoms with Crippen molar-refractivity contribution in [3.63, 3.8) is 0 Å². The monoisotopic (exact) mass is 298 g/mol. The number of carbonyl (C=O) groups is 2. The van der Waals surface area contributed by atoms with E-state index in [0.29, 0.717) is 15.6 Å². The summed E-state index contributed by atoms with van der Waals surface area (Å²) in [5, 5.41) is 10.2. The smallest absolute Gasteiger partial charge is 0.346 e. The topological polar surface area (TPSA) is 63.6 Å². The highest BCUT2D eigenvalue weighted by atomic mass is 79.9. The third-order valence-electron chi connectivity index (χ3n) is 2.78. The molecule has 0 saturated heterocycles. The van der Waals surface area contributed by atoms with E-state index in [4.69, 9.17) is 4.74 Å². The van der Waals surface area contributed by atoms with Gasteiger partial charge in [0.15, 0.2) is 0 Å². The Balaban J connectivity index is 2.43. The summed E-state index contributed by atoms with van der Waals surface area (Å²) in [5.41, 5.74) is -1.05. The van der Waals surface area contributed by atoms with Crippen LogP contribution in [0.3, 0.4) is 0 Å². The van der Waals surface area contributed by atoms with Crippen LogP contribution in [0.1, 0.15) is 22.8 Å². The lowest BCUT2D eigenvalue weighted by molar-refractivity contribution is -0.159. The Bertz CT molecular complexity index is 497. The summed E-state index contributed by atoms with van der Waals surface area (Å²) in [5.74, 6) is -1.47. The second-order valence-corrected chi connectivity index (χ2v) is 4.71. The number of carbonyl (C=O) groups excluding carboxylic acids is 2. The van der Waals surface area contributed by atoms with E-state index in [9.17, 15) is 14.7 Å². The lowest BCUT2D eigenvalue weighted by Crippen LogP contribution is -2.45. The van der Waals surface area contributed by atoms with Crippen molar-refractivity contribution in [1.82, 2.24) is 0 Å². The maximum atomic E-state index is 12.0. The number of esters is 1. The largest absolute Gasteiger partial charge is 0.463 e. The van der Waals surface area contributed by atoms with Crippen LogP contribution >= 0.6 is 15.9 Å². The molecule has 4 nitrogen and oxygen atoms in total. The highest BCUT2D eigenvalue weighted by molar-refractivity contribution is 9.10. The fraction of sp³-hybridized carbons (Fsp3) is 0.333. The van der Waals surface area contributed by atoms with Crippen LogP contribution in [0.5, 0.6) is 0 Å². The van der Waals surface area contributed by atoms with Crippen LogP contribution in [0.25, 0.3) is 0 Å². The van der Waals surface area contributed by atoms with E-state index in [2.05, 4.69) is 15.9 Å². The standard InChI is InChI=1S/C12H11BrO4/c1-2-17-11(15)12(16)6-8-7(10(12)14)4-3-5-9(8)13/h3-5,16H,2,6H2,1H3. The molecule has 1 atom stereocenters. The summed E-state index contributed by atoms with van der Waals surface area (Å²) in [6, 6.07) is 5.06. The Kier molecular flexibility index (Phi) is 3.05. The highest BCUT2D eigenvalue weighted by Crippen LogP contribution is 2.35. The van der Waals surface area contributed by atoms with E-state index in [1.807, 2.05) is 0 Å². The Morgan fingerprint density at radius 3 is 2.88 bits per heavy atom. The Morgan fingerprint density at radius 1 is 1.59 bits per heavy atom. The third-order valence-corrected chi connectivity index (χ3v) is 3.53. The van der Waals surface area contributed by atoms with Gasteiger partial charge in [-0.2, -0.15) is 0 Å². The summed E-state index contributed by atoms with van der Waals surface area (Å²) in [6.45, 7) is 1.76. The van der Waals surface area contributed by atoms with Crippen molar-refractivity contribution >= 4 is 27.7 Å². The second kappa shape index (κ2) is 4.23. The molecule has 0 fully saturated rings. The van der Waals surface area contributed by atoms with Crippen LogP contribution in [0.2, 0.25) is 0 Å². The average Bonchev–Trinajstić information content (AvgIpc) is 2.56. The average molecular weight is 299 g/mol. The molecular formula is C12H11BrO4. The summed E-state index contributed by atoms with van der Waals surface area (Å²) in [6.07, 6.45) is -0.0403. The first-order valence-corrected chi connectivity index (χ1v) is 6.01. The maximum absolute atomic E-state index is 12.0. The molecule has 17 heavy (non-hydrogen) atoms. The summed E-state index contributed by atoms with van der Waals surface area (Å²) in [4.78, 5) is 23.7. The van der Waals surface area contributed by atoms with Crippen LogP contribution in [-0.4, -0.2) is 29.1 Å². The SMILES string of the molecule is CCOC(=O)C1(O)Cc2c(Br)cccc2C1=O. The molecule has 1 unspecified atom stereocenters. The van der Waals surface area contributed by atoms with Gasteiger partial charge in [0.1, 0.15) is 0 Å². The first-order valence-electron chi connectivity index (χ1n) is 5.22. The molecule has 0 aliphatic heterocycles. The van der Waals surface area contributed by atoms with Gasteiger partial charge in [-0.25, -0.2) is 4.79 Å². The lowest BCUT2D eigenvalue weighted by atomic mass is 10.00. The lowest BCUT2D eigenvalue weighted by Gasteiger charge is -2.17. The van der Waals surface area contributed by atoms with Crippen molar-refractivity contribution in [3.8, 4) is 0 Å². The first kappa shape index (κ1) is 12.3. The van der Waals surface area contributed by atoms with Gasteiger partial charge in [0.05, 0.1) is 6.61 Å². The van der Waals surface area contributed by atoms with Crippen LogP contribution in [0, 0.1) is 0 Å². The Labute approximate surface area is 107 Å². The Hall–Kier alpha value is -1.20. The van der Waals surface area contributed by atoms with E-state index < -0.39 is 17.4 Å². The number of ether oxygens (including phenoxy) is 1. The molecule has 0 saturated carbocycles. The first-order chi connectivity index (χ1) is 8.00. The van der Waals surface area contributed by atoms with Crippen molar-refractivity contribution in [1.29, 1.82) is 0 Å². The molecule has 1 aromatic carbocycles. The van der Waals surface area contributed by atoms with Crippen LogP contribution < -0.4 is 0 Å². The van der Waals surface area contributed by atoms with E-state index in [1.54, 1.807) is 25.1 Å². The molecule has 1 N–H and O–H groups in total. The van der Waals surface area contributed by atoms with E-state index in [0.717, 1.165) is 0 Å².